The van der Waals surface area contributed by atoms with E-state index in [0.29, 0.717) is 27.3 Å². The van der Waals surface area contributed by atoms with Gasteiger partial charge in [0.15, 0.2) is 0 Å². The van der Waals surface area contributed by atoms with E-state index in [1.807, 2.05) is 0 Å². The number of carbonyl (C=O) groups excluding carboxylic acids is 2. The summed E-state index contributed by atoms with van der Waals surface area (Å²) in [6, 6.07) is 12.5. The van der Waals surface area contributed by atoms with Gasteiger partial charge < -0.3 is 13.9 Å². The molecule has 0 aliphatic rings. The molecule has 31 heavy (non-hydrogen) atoms. The number of amides is 1. The first kappa shape index (κ1) is 22.2. The Labute approximate surface area is 180 Å². The van der Waals surface area contributed by atoms with Gasteiger partial charge in [0.1, 0.15) is 12.2 Å². The van der Waals surface area contributed by atoms with Crippen LogP contribution in [0.1, 0.15) is 29.8 Å². The number of fused-ring (bicyclic) bond motifs is 1. The van der Waals surface area contributed by atoms with Gasteiger partial charge in [-0.15, -0.1) is 0 Å². The van der Waals surface area contributed by atoms with Crippen molar-refractivity contribution in [2.75, 3.05) is 17.7 Å². The van der Waals surface area contributed by atoms with Gasteiger partial charge in [0.25, 0.3) is 0 Å². The molecule has 0 aliphatic heterocycles. The molecule has 0 saturated carbocycles. The minimum atomic E-state index is -1.32. The maximum atomic E-state index is 12.6. The fourth-order valence-electron chi connectivity index (χ4n) is 2.92. The number of nitrogens with one attached hydrogen (secondary N) is 1. The van der Waals surface area contributed by atoms with Crippen LogP contribution in [0.5, 0.6) is 0 Å². The van der Waals surface area contributed by atoms with Gasteiger partial charge in [-0.05, 0) is 31.2 Å². The number of benzene rings is 2. The van der Waals surface area contributed by atoms with Crippen molar-refractivity contribution in [3.63, 3.8) is 0 Å². The Hall–Kier alpha value is -3.46. The first-order valence-corrected chi connectivity index (χ1v) is 10.9. The third kappa shape index (κ3) is 5.37. The number of hydrogen-bond donors (Lipinski definition) is 1. The van der Waals surface area contributed by atoms with E-state index in [0.717, 1.165) is 0 Å². The average Bonchev–Trinajstić information content (AvgIpc) is 2.76. The molecule has 1 aromatic heterocycles. The molecule has 9 heteroatoms. The van der Waals surface area contributed by atoms with Gasteiger partial charge in [-0.3, -0.25) is 9.53 Å². The highest BCUT2D eigenvalue weighted by atomic mass is 32.2. The van der Waals surface area contributed by atoms with Crippen molar-refractivity contribution >= 4 is 39.5 Å². The molecule has 162 valence electrons. The minimum Gasteiger partial charge on any atom is -0.457 e. The molecule has 1 N–H and O–H groups in total. The van der Waals surface area contributed by atoms with E-state index >= 15 is 0 Å². The monoisotopic (exact) mass is 443 g/mol. The lowest BCUT2D eigenvalue weighted by molar-refractivity contribution is 0.0469. The molecule has 1 atom stereocenters. The normalized spacial score (nSPS) is 11.7. The van der Waals surface area contributed by atoms with Crippen molar-refractivity contribution in [3.8, 4) is 0 Å². The highest BCUT2D eigenvalue weighted by Gasteiger charge is 2.17. The van der Waals surface area contributed by atoms with Gasteiger partial charge in [0.05, 0.1) is 27.9 Å². The van der Waals surface area contributed by atoms with Crippen LogP contribution in [-0.2, 0) is 26.9 Å². The van der Waals surface area contributed by atoms with Crippen LogP contribution in [0.2, 0.25) is 0 Å². The van der Waals surface area contributed by atoms with Crippen LogP contribution in [0, 0.1) is 0 Å². The van der Waals surface area contributed by atoms with Crippen LogP contribution in [0.15, 0.2) is 62.6 Å². The number of anilines is 1. The molecule has 0 bridgehead atoms. The molecule has 1 heterocycles. The topological polar surface area (TPSA) is 112 Å². The Kier molecular flexibility index (Phi) is 7.19. The molecule has 2 aromatic carbocycles. The number of rotatable bonds is 7. The zero-order valence-corrected chi connectivity index (χ0v) is 17.8. The van der Waals surface area contributed by atoms with E-state index in [1.165, 1.54) is 12.1 Å². The summed E-state index contributed by atoms with van der Waals surface area (Å²) in [6.07, 6.45) is -0.627. The van der Waals surface area contributed by atoms with Crippen LogP contribution in [0.25, 0.3) is 11.0 Å². The molecule has 3 aromatic rings. The van der Waals surface area contributed by atoms with E-state index in [1.54, 1.807) is 50.2 Å². The highest BCUT2D eigenvalue weighted by Crippen LogP contribution is 2.23. The third-order valence-corrected chi connectivity index (χ3v) is 5.70. The molecular weight excluding hydrogens is 422 g/mol. The smallest absolute Gasteiger partial charge is 0.411 e. The van der Waals surface area contributed by atoms with Crippen LogP contribution in [0.4, 0.5) is 10.5 Å². The highest BCUT2D eigenvalue weighted by molar-refractivity contribution is 7.85. The van der Waals surface area contributed by atoms with Crippen molar-refractivity contribution in [2.45, 2.75) is 25.3 Å². The summed E-state index contributed by atoms with van der Waals surface area (Å²) in [5, 5.41) is 3.08. The molecule has 3 rings (SSSR count). The van der Waals surface area contributed by atoms with Gasteiger partial charge in [0.2, 0.25) is 0 Å². The predicted molar refractivity (Wildman–Crippen MR) is 116 cm³/mol. The average molecular weight is 443 g/mol. The van der Waals surface area contributed by atoms with Crippen molar-refractivity contribution in [3.05, 3.63) is 70.1 Å². The Morgan fingerprint density at radius 1 is 1.06 bits per heavy atom. The fourth-order valence-corrected chi connectivity index (χ4v) is 3.86. The Bertz CT molecular complexity index is 1200. The van der Waals surface area contributed by atoms with Crippen LogP contribution < -0.4 is 10.9 Å². The fraction of sp³-hybridized carbons (Fsp3) is 0.227. The van der Waals surface area contributed by atoms with Crippen LogP contribution >= 0.6 is 0 Å². The lowest BCUT2D eigenvalue weighted by Crippen LogP contribution is -2.13. The van der Waals surface area contributed by atoms with Crippen molar-refractivity contribution in [1.29, 1.82) is 0 Å². The Morgan fingerprint density at radius 2 is 1.84 bits per heavy atom. The predicted octanol–water partition coefficient (Wildman–Crippen LogP) is 3.85. The molecular formula is C22H21NO7S. The zero-order valence-electron chi connectivity index (χ0n) is 17.0. The molecule has 0 aliphatic carbocycles. The summed E-state index contributed by atoms with van der Waals surface area (Å²) in [5.41, 5.74) is 0.645. The van der Waals surface area contributed by atoms with E-state index in [9.17, 15) is 18.6 Å². The van der Waals surface area contributed by atoms with Crippen LogP contribution in [-0.4, -0.2) is 28.6 Å². The third-order valence-electron chi connectivity index (χ3n) is 4.33. The summed E-state index contributed by atoms with van der Waals surface area (Å²) in [4.78, 5) is 36.6. The maximum absolute atomic E-state index is 12.6. The van der Waals surface area contributed by atoms with E-state index < -0.39 is 28.5 Å². The van der Waals surface area contributed by atoms with Gasteiger partial charge in [0, 0.05) is 34.5 Å². The summed E-state index contributed by atoms with van der Waals surface area (Å²) in [5.74, 6) is -0.268. The number of hydrogen-bond acceptors (Lipinski definition) is 7. The standard InChI is InChI=1S/C22H21NO7S/c1-3-28-22(26)23-15-9-10-16-14(11-20(24)30-18(16)12-15)13-29-21(25)17-7-5-6-8-19(17)31(27)4-2/h5-12H,3-4,13H2,1-2H3,(H,23,26). The number of carbonyl (C=O) groups is 2. The van der Waals surface area contributed by atoms with Crippen LogP contribution in [0.3, 0.4) is 0 Å². The number of ether oxygens (including phenoxy) is 2. The second kappa shape index (κ2) is 10.0. The quantitative estimate of drug-likeness (QED) is 0.436. The van der Waals surface area contributed by atoms with E-state index in [2.05, 4.69) is 5.32 Å². The lowest BCUT2D eigenvalue weighted by Gasteiger charge is -2.11. The summed E-state index contributed by atoms with van der Waals surface area (Å²) >= 11 is 0. The second-order valence-corrected chi connectivity index (χ2v) is 8.06. The molecule has 8 nitrogen and oxygen atoms in total. The van der Waals surface area contributed by atoms with Gasteiger partial charge in [-0.2, -0.15) is 0 Å². The van der Waals surface area contributed by atoms with Gasteiger partial charge in [-0.25, -0.2) is 14.4 Å². The van der Waals surface area contributed by atoms with Crippen molar-refractivity contribution in [1.82, 2.24) is 0 Å². The molecule has 0 fully saturated rings. The lowest BCUT2D eigenvalue weighted by atomic mass is 10.1. The Balaban J connectivity index is 1.84. The summed E-state index contributed by atoms with van der Waals surface area (Å²) in [6.45, 7) is 3.49. The second-order valence-electron chi connectivity index (χ2n) is 6.35. The molecule has 1 unspecified atom stereocenters. The Morgan fingerprint density at radius 3 is 2.58 bits per heavy atom. The summed E-state index contributed by atoms with van der Waals surface area (Å²) in [7, 11) is -1.32. The van der Waals surface area contributed by atoms with Gasteiger partial charge >= 0.3 is 17.7 Å². The molecule has 0 spiro atoms. The SMILES string of the molecule is CCOC(=O)Nc1ccc2c(COC(=O)c3ccccc3S(=O)CC)cc(=O)oc2c1. The molecule has 0 saturated heterocycles. The summed E-state index contributed by atoms with van der Waals surface area (Å²) < 4.78 is 27.6. The largest absolute Gasteiger partial charge is 0.457 e. The first-order chi connectivity index (χ1) is 14.9. The maximum Gasteiger partial charge on any atom is 0.411 e. The molecule has 1 amide bonds. The van der Waals surface area contributed by atoms with Crippen molar-refractivity contribution < 1.29 is 27.7 Å². The van der Waals surface area contributed by atoms with E-state index in [-0.39, 0.29) is 24.4 Å². The van der Waals surface area contributed by atoms with Crippen molar-refractivity contribution in [2.24, 2.45) is 0 Å². The minimum absolute atomic E-state index is 0.182. The molecule has 0 radical (unpaired) electrons. The first-order valence-electron chi connectivity index (χ1n) is 9.58. The number of esters is 1. The van der Waals surface area contributed by atoms with Gasteiger partial charge in [-0.1, -0.05) is 19.1 Å². The zero-order chi connectivity index (χ0) is 22.4. The van der Waals surface area contributed by atoms with E-state index in [4.69, 9.17) is 13.9 Å².